The number of carbonyl (C=O) groups is 2. The fourth-order valence-corrected chi connectivity index (χ4v) is 3.49. The zero-order chi connectivity index (χ0) is 22.4. The lowest BCUT2D eigenvalue weighted by Crippen LogP contribution is -2.41. The van der Waals surface area contributed by atoms with Crippen LogP contribution in [0, 0.1) is 12.8 Å². The molecule has 1 heterocycles. The Bertz CT molecular complexity index is 912. The fourth-order valence-electron chi connectivity index (χ4n) is 3.49. The van der Waals surface area contributed by atoms with Gasteiger partial charge in [0.05, 0.1) is 19.1 Å². The van der Waals surface area contributed by atoms with Gasteiger partial charge < -0.3 is 20.1 Å². The molecule has 2 aromatic rings. The summed E-state index contributed by atoms with van der Waals surface area (Å²) in [4.78, 5) is 26.6. The van der Waals surface area contributed by atoms with Gasteiger partial charge in [-0.05, 0) is 49.7 Å². The van der Waals surface area contributed by atoms with Gasteiger partial charge >= 0.3 is 0 Å². The zero-order valence-corrected chi connectivity index (χ0v) is 18.6. The number of ether oxygens (including phenoxy) is 2. The quantitative estimate of drug-likeness (QED) is 0.679. The van der Waals surface area contributed by atoms with Gasteiger partial charge in [-0.15, -0.1) is 0 Å². The number of likely N-dealkylation sites (N-methyl/N-ethyl adjacent to an activating group) is 1. The standard InChI is InChI=1S/C24H31N3O4/c1-16(2)24(18-7-10-20-21(13-18)31-12-11-30-20)26-23(29)15-27(4)14-22(28)25-19-8-5-17(3)6-9-19/h5-10,13,16,24H,11-12,14-15H2,1-4H3,(H,25,28)(H,26,29)/t24-/m1/s1. The molecule has 2 N–H and O–H groups in total. The zero-order valence-electron chi connectivity index (χ0n) is 18.6. The molecule has 2 amide bonds. The van der Waals surface area contributed by atoms with E-state index in [0.717, 1.165) is 22.6 Å². The molecule has 3 rings (SSSR count). The highest BCUT2D eigenvalue weighted by Gasteiger charge is 2.22. The van der Waals surface area contributed by atoms with Crippen LogP contribution in [0.4, 0.5) is 5.69 Å². The fraction of sp³-hybridized carbons (Fsp3) is 0.417. The SMILES string of the molecule is Cc1ccc(NC(=O)CN(C)CC(=O)N[C@@H](c2ccc3c(c2)OCCO3)C(C)C)cc1. The molecule has 7 heteroatoms. The van der Waals surface area contributed by atoms with Crippen molar-refractivity contribution in [3.05, 3.63) is 53.6 Å². The molecule has 0 fully saturated rings. The van der Waals surface area contributed by atoms with Crippen LogP contribution in [0.1, 0.15) is 31.0 Å². The summed E-state index contributed by atoms with van der Waals surface area (Å²) in [6.07, 6.45) is 0. The lowest BCUT2D eigenvalue weighted by atomic mass is 9.95. The Morgan fingerprint density at radius 1 is 0.968 bits per heavy atom. The van der Waals surface area contributed by atoms with Gasteiger partial charge in [0.2, 0.25) is 11.8 Å². The van der Waals surface area contributed by atoms with Crippen LogP contribution in [0.25, 0.3) is 0 Å². The molecule has 0 spiro atoms. The maximum atomic E-state index is 12.7. The maximum absolute atomic E-state index is 12.7. The van der Waals surface area contributed by atoms with E-state index in [0.29, 0.717) is 19.0 Å². The van der Waals surface area contributed by atoms with Gasteiger partial charge in [0.1, 0.15) is 13.2 Å². The molecule has 0 bridgehead atoms. The summed E-state index contributed by atoms with van der Waals surface area (Å²) < 4.78 is 11.3. The first-order chi connectivity index (χ1) is 14.8. The first-order valence-electron chi connectivity index (χ1n) is 10.6. The third-order valence-corrected chi connectivity index (χ3v) is 5.07. The van der Waals surface area contributed by atoms with Crippen LogP contribution in [0.3, 0.4) is 0 Å². The van der Waals surface area contributed by atoms with Crippen LogP contribution in [-0.4, -0.2) is 50.1 Å². The summed E-state index contributed by atoms with van der Waals surface area (Å²) in [5.41, 5.74) is 2.84. The first-order valence-corrected chi connectivity index (χ1v) is 10.6. The van der Waals surface area contributed by atoms with Crippen molar-refractivity contribution in [3.63, 3.8) is 0 Å². The lowest BCUT2D eigenvalue weighted by molar-refractivity contribution is -0.123. The van der Waals surface area contributed by atoms with Crippen molar-refractivity contribution in [1.82, 2.24) is 10.2 Å². The minimum absolute atomic E-state index is 0.120. The average molecular weight is 426 g/mol. The number of nitrogens with one attached hydrogen (secondary N) is 2. The van der Waals surface area contributed by atoms with Crippen LogP contribution < -0.4 is 20.1 Å². The summed E-state index contributed by atoms with van der Waals surface area (Å²) in [5.74, 6) is 1.31. The first kappa shape index (κ1) is 22.6. The topological polar surface area (TPSA) is 79.9 Å². The van der Waals surface area contributed by atoms with E-state index in [2.05, 4.69) is 24.5 Å². The Balaban J connectivity index is 1.54. The molecule has 0 unspecified atom stereocenters. The van der Waals surface area contributed by atoms with Crippen molar-refractivity contribution >= 4 is 17.5 Å². The minimum atomic E-state index is -0.168. The third-order valence-electron chi connectivity index (χ3n) is 5.07. The van der Waals surface area contributed by atoms with E-state index in [1.807, 2.05) is 49.4 Å². The number of amides is 2. The Morgan fingerprint density at radius 2 is 1.61 bits per heavy atom. The molecule has 0 saturated heterocycles. The molecule has 0 aromatic heterocycles. The molecule has 1 atom stereocenters. The number of aryl methyl sites for hydroxylation is 1. The Morgan fingerprint density at radius 3 is 2.29 bits per heavy atom. The summed E-state index contributed by atoms with van der Waals surface area (Å²) in [5, 5.41) is 5.94. The number of hydrogen-bond donors (Lipinski definition) is 2. The molecule has 0 radical (unpaired) electrons. The van der Waals surface area contributed by atoms with E-state index >= 15 is 0 Å². The van der Waals surface area contributed by atoms with Gasteiger partial charge in [-0.1, -0.05) is 37.6 Å². The molecule has 1 aliphatic rings. The van der Waals surface area contributed by atoms with Crippen molar-refractivity contribution in [2.24, 2.45) is 5.92 Å². The Kier molecular flexibility index (Phi) is 7.52. The van der Waals surface area contributed by atoms with Crippen LogP contribution in [-0.2, 0) is 9.59 Å². The van der Waals surface area contributed by atoms with Gasteiger partial charge in [-0.3, -0.25) is 14.5 Å². The molecule has 0 saturated carbocycles. The normalized spacial score (nSPS) is 13.7. The molecule has 166 valence electrons. The number of rotatable bonds is 8. The van der Waals surface area contributed by atoms with Gasteiger partial charge in [0, 0.05) is 5.69 Å². The summed E-state index contributed by atoms with van der Waals surface area (Å²) >= 11 is 0. The van der Waals surface area contributed by atoms with E-state index < -0.39 is 0 Å². The number of hydrogen-bond acceptors (Lipinski definition) is 5. The van der Waals surface area contributed by atoms with Crippen molar-refractivity contribution < 1.29 is 19.1 Å². The predicted octanol–water partition coefficient (Wildman–Crippen LogP) is 3.15. The van der Waals surface area contributed by atoms with Gasteiger partial charge in [-0.25, -0.2) is 0 Å². The summed E-state index contributed by atoms with van der Waals surface area (Å²) in [6, 6.07) is 13.2. The van der Waals surface area contributed by atoms with E-state index in [1.54, 1.807) is 11.9 Å². The molecule has 2 aromatic carbocycles. The Hall–Kier alpha value is -3.06. The van der Waals surface area contributed by atoms with Gasteiger partial charge in [0.15, 0.2) is 11.5 Å². The monoisotopic (exact) mass is 425 g/mol. The number of nitrogens with zero attached hydrogens (tertiary/aromatic N) is 1. The van der Waals surface area contributed by atoms with Gasteiger partial charge in [-0.2, -0.15) is 0 Å². The van der Waals surface area contributed by atoms with Crippen molar-refractivity contribution in [3.8, 4) is 11.5 Å². The van der Waals surface area contributed by atoms with Crippen LogP contribution >= 0.6 is 0 Å². The summed E-state index contributed by atoms with van der Waals surface area (Å²) in [6.45, 7) is 7.41. The highest BCUT2D eigenvalue weighted by atomic mass is 16.6. The van der Waals surface area contributed by atoms with E-state index in [9.17, 15) is 9.59 Å². The van der Waals surface area contributed by atoms with E-state index in [-0.39, 0.29) is 36.9 Å². The predicted molar refractivity (Wildman–Crippen MR) is 120 cm³/mol. The minimum Gasteiger partial charge on any atom is -0.486 e. The molecule has 1 aliphatic heterocycles. The molecular formula is C24H31N3O4. The molecule has 0 aliphatic carbocycles. The number of carbonyl (C=O) groups excluding carboxylic acids is 2. The second kappa shape index (κ2) is 10.3. The van der Waals surface area contributed by atoms with Crippen LogP contribution in [0.5, 0.6) is 11.5 Å². The summed E-state index contributed by atoms with van der Waals surface area (Å²) in [7, 11) is 1.75. The second-order valence-electron chi connectivity index (χ2n) is 8.28. The molecule has 7 nitrogen and oxygen atoms in total. The third kappa shape index (κ3) is 6.46. The van der Waals surface area contributed by atoms with Crippen LogP contribution in [0.15, 0.2) is 42.5 Å². The second-order valence-corrected chi connectivity index (χ2v) is 8.28. The molecular weight excluding hydrogens is 394 g/mol. The largest absolute Gasteiger partial charge is 0.486 e. The van der Waals surface area contributed by atoms with Gasteiger partial charge in [0.25, 0.3) is 0 Å². The maximum Gasteiger partial charge on any atom is 0.238 e. The number of anilines is 1. The van der Waals surface area contributed by atoms with Crippen molar-refractivity contribution in [2.45, 2.75) is 26.8 Å². The van der Waals surface area contributed by atoms with Crippen molar-refractivity contribution in [2.75, 3.05) is 38.7 Å². The highest BCUT2D eigenvalue weighted by Crippen LogP contribution is 2.34. The average Bonchev–Trinajstić information content (AvgIpc) is 2.73. The smallest absolute Gasteiger partial charge is 0.238 e. The highest BCUT2D eigenvalue weighted by molar-refractivity contribution is 5.92. The molecule has 31 heavy (non-hydrogen) atoms. The van der Waals surface area contributed by atoms with E-state index in [4.69, 9.17) is 9.47 Å². The Labute approximate surface area is 183 Å². The number of fused-ring (bicyclic) bond motifs is 1. The number of benzene rings is 2. The van der Waals surface area contributed by atoms with Crippen LogP contribution in [0.2, 0.25) is 0 Å². The lowest BCUT2D eigenvalue weighted by Gasteiger charge is -2.26. The van der Waals surface area contributed by atoms with Crippen molar-refractivity contribution in [1.29, 1.82) is 0 Å². The van der Waals surface area contributed by atoms with E-state index in [1.165, 1.54) is 0 Å².